The van der Waals surface area contributed by atoms with Gasteiger partial charge in [0.25, 0.3) is 5.91 Å². The standard InChI is InChI=1S/C21H23ClN2O3/c1-26-20-8-15(21(25)24-11-16-9-23-10-17(16)12-24)4-7-19(20)27-13-14-2-5-18(22)6-3-14/h2-8,16-17,23H,9-13H2,1H3/t16-,17+. The van der Waals surface area contributed by atoms with Gasteiger partial charge in [-0.2, -0.15) is 0 Å². The minimum atomic E-state index is 0.0620. The van der Waals surface area contributed by atoms with Crippen LogP contribution in [0.25, 0.3) is 0 Å². The summed E-state index contributed by atoms with van der Waals surface area (Å²) >= 11 is 5.91. The number of likely N-dealkylation sites (tertiary alicyclic amines) is 1. The highest BCUT2D eigenvalue weighted by molar-refractivity contribution is 6.30. The fourth-order valence-electron chi connectivity index (χ4n) is 3.87. The van der Waals surface area contributed by atoms with Crippen molar-refractivity contribution in [2.24, 2.45) is 11.8 Å². The van der Waals surface area contributed by atoms with Crippen molar-refractivity contribution < 1.29 is 14.3 Å². The molecule has 1 amide bonds. The number of benzene rings is 2. The van der Waals surface area contributed by atoms with Gasteiger partial charge in [0.05, 0.1) is 7.11 Å². The summed E-state index contributed by atoms with van der Waals surface area (Å²) in [6, 6.07) is 12.9. The Morgan fingerprint density at radius 2 is 1.81 bits per heavy atom. The average Bonchev–Trinajstić information content (AvgIpc) is 3.29. The Balaban J connectivity index is 1.44. The number of amides is 1. The Hall–Kier alpha value is -2.24. The molecule has 2 aromatic carbocycles. The maximum atomic E-state index is 12.9. The van der Waals surface area contributed by atoms with Crippen molar-refractivity contribution in [3.8, 4) is 11.5 Å². The van der Waals surface area contributed by atoms with Crippen LogP contribution in [0.3, 0.4) is 0 Å². The second kappa shape index (κ2) is 7.79. The molecule has 0 radical (unpaired) electrons. The van der Waals surface area contributed by atoms with Gasteiger partial charge in [0.1, 0.15) is 6.61 Å². The molecule has 2 fully saturated rings. The van der Waals surface area contributed by atoms with Crippen molar-refractivity contribution in [1.82, 2.24) is 10.2 Å². The van der Waals surface area contributed by atoms with E-state index in [-0.39, 0.29) is 5.91 Å². The lowest BCUT2D eigenvalue weighted by Crippen LogP contribution is -2.31. The second-order valence-electron chi connectivity index (χ2n) is 7.17. The molecule has 6 heteroatoms. The monoisotopic (exact) mass is 386 g/mol. The van der Waals surface area contributed by atoms with E-state index in [9.17, 15) is 4.79 Å². The number of methoxy groups -OCH3 is 1. The molecule has 27 heavy (non-hydrogen) atoms. The molecule has 0 aliphatic carbocycles. The molecule has 0 bridgehead atoms. The summed E-state index contributed by atoms with van der Waals surface area (Å²) in [6.45, 7) is 4.08. The lowest BCUT2D eigenvalue weighted by molar-refractivity contribution is 0.0781. The molecule has 2 aromatic rings. The quantitative estimate of drug-likeness (QED) is 0.857. The number of hydrogen-bond donors (Lipinski definition) is 1. The van der Waals surface area contributed by atoms with Crippen molar-refractivity contribution in [2.45, 2.75) is 6.61 Å². The van der Waals surface area contributed by atoms with E-state index in [0.29, 0.717) is 40.5 Å². The minimum absolute atomic E-state index is 0.0620. The SMILES string of the molecule is COc1cc(C(=O)N2C[C@H]3CNC[C@H]3C2)ccc1OCc1ccc(Cl)cc1. The molecule has 142 valence electrons. The van der Waals surface area contributed by atoms with E-state index in [0.717, 1.165) is 31.7 Å². The van der Waals surface area contributed by atoms with Crippen LogP contribution in [0.5, 0.6) is 11.5 Å². The first-order valence-electron chi connectivity index (χ1n) is 9.19. The van der Waals surface area contributed by atoms with Crippen LogP contribution in [-0.4, -0.2) is 44.1 Å². The van der Waals surface area contributed by atoms with Crippen LogP contribution in [0.1, 0.15) is 15.9 Å². The number of nitrogens with one attached hydrogen (secondary N) is 1. The lowest BCUT2D eigenvalue weighted by Gasteiger charge is -2.18. The zero-order valence-electron chi connectivity index (χ0n) is 15.3. The Labute approximate surface area is 164 Å². The number of rotatable bonds is 5. The van der Waals surface area contributed by atoms with Crippen LogP contribution in [0.4, 0.5) is 0 Å². The maximum absolute atomic E-state index is 12.9. The van der Waals surface area contributed by atoms with Crippen LogP contribution in [0.15, 0.2) is 42.5 Å². The highest BCUT2D eigenvalue weighted by Crippen LogP contribution is 2.32. The van der Waals surface area contributed by atoms with Gasteiger partial charge >= 0.3 is 0 Å². The van der Waals surface area contributed by atoms with Crippen LogP contribution < -0.4 is 14.8 Å². The average molecular weight is 387 g/mol. The molecule has 2 atom stereocenters. The summed E-state index contributed by atoms with van der Waals surface area (Å²) in [5.41, 5.74) is 1.65. The zero-order chi connectivity index (χ0) is 18.8. The van der Waals surface area contributed by atoms with E-state index in [4.69, 9.17) is 21.1 Å². The number of carbonyl (C=O) groups excluding carboxylic acids is 1. The van der Waals surface area contributed by atoms with Gasteiger partial charge in [0.15, 0.2) is 11.5 Å². The molecule has 0 spiro atoms. The molecule has 2 heterocycles. The predicted octanol–water partition coefficient (Wildman–Crippen LogP) is 3.22. The summed E-state index contributed by atoms with van der Waals surface area (Å²) in [4.78, 5) is 14.8. The molecule has 1 N–H and O–H groups in total. The van der Waals surface area contributed by atoms with Crippen molar-refractivity contribution in [3.63, 3.8) is 0 Å². The Morgan fingerprint density at radius 3 is 2.48 bits per heavy atom. The Morgan fingerprint density at radius 1 is 1.11 bits per heavy atom. The molecule has 2 saturated heterocycles. The van der Waals surface area contributed by atoms with Crippen molar-refractivity contribution >= 4 is 17.5 Å². The third-order valence-corrected chi connectivity index (χ3v) is 5.65. The third kappa shape index (κ3) is 3.89. The molecular weight excluding hydrogens is 364 g/mol. The molecular formula is C21H23ClN2O3. The molecule has 0 saturated carbocycles. The number of ether oxygens (including phenoxy) is 2. The fraction of sp³-hybridized carbons (Fsp3) is 0.381. The van der Waals surface area contributed by atoms with Crippen LogP contribution in [-0.2, 0) is 6.61 Å². The van der Waals surface area contributed by atoms with E-state index in [2.05, 4.69) is 5.32 Å². The molecule has 5 nitrogen and oxygen atoms in total. The molecule has 4 rings (SSSR count). The highest BCUT2D eigenvalue weighted by Gasteiger charge is 2.38. The third-order valence-electron chi connectivity index (χ3n) is 5.39. The molecule has 0 unspecified atom stereocenters. The normalized spacial score (nSPS) is 21.2. The number of halogens is 1. The van der Waals surface area contributed by atoms with Gasteiger partial charge in [-0.25, -0.2) is 0 Å². The number of carbonyl (C=O) groups is 1. The first-order chi connectivity index (χ1) is 13.1. The maximum Gasteiger partial charge on any atom is 0.254 e. The van der Waals surface area contributed by atoms with Gasteiger partial charge in [-0.05, 0) is 47.7 Å². The van der Waals surface area contributed by atoms with Gasteiger partial charge in [-0.3, -0.25) is 4.79 Å². The van der Waals surface area contributed by atoms with E-state index < -0.39 is 0 Å². The van der Waals surface area contributed by atoms with Crippen molar-refractivity contribution in [1.29, 1.82) is 0 Å². The number of nitrogens with zero attached hydrogens (tertiary/aromatic N) is 1. The van der Waals surface area contributed by atoms with E-state index >= 15 is 0 Å². The summed E-state index contributed by atoms with van der Waals surface area (Å²) in [5, 5.41) is 4.09. The van der Waals surface area contributed by atoms with Gasteiger partial charge in [-0.1, -0.05) is 23.7 Å². The smallest absolute Gasteiger partial charge is 0.254 e. The fourth-order valence-corrected chi connectivity index (χ4v) is 3.99. The largest absolute Gasteiger partial charge is 0.493 e. The molecule has 2 aliphatic heterocycles. The summed E-state index contributed by atoms with van der Waals surface area (Å²) in [6.07, 6.45) is 0. The van der Waals surface area contributed by atoms with Crippen molar-refractivity contribution in [3.05, 3.63) is 58.6 Å². The van der Waals surface area contributed by atoms with Crippen LogP contribution in [0, 0.1) is 11.8 Å². The van der Waals surface area contributed by atoms with E-state index in [1.807, 2.05) is 35.2 Å². The van der Waals surface area contributed by atoms with Gasteiger partial charge in [-0.15, -0.1) is 0 Å². The Kier molecular flexibility index (Phi) is 5.23. The van der Waals surface area contributed by atoms with Crippen LogP contribution >= 0.6 is 11.6 Å². The minimum Gasteiger partial charge on any atom is -0.493 e. The molecule has 2 aliphatic rings. The van der Waals surface area contributed by atoms with Gasteiger partial charge < -0.3 is 19.7 Å². The second-order valence-corrected chi connectivity index (χ2v) is 7.61. The number of fused-ring (bicyclic) bond motifs is 1. The number of hydrogen-bond acceptors (Lipinski definition) is 4. The van der Waals surface area contributed by atoms with Gasteiger partial charge in [0, 0.05) is 36.8 Å². The first kappa shape index (κ1) is 18.1. The molecule has 0 aromatic heterocycles. The predicted molar refractivity (Wildman–Crippen MR) is 105 cm³/mol. The summed E-state index contributed by atoms with van der Waals surface area (Å²) < 4.78 is 11.3. The van der Waals surface area contributed by atoms with E-state index in [1.54, 1.807) is 19.2 Å². The van der Waals surface area contributed by atoms with Gasteiger partial charge in [0.2, 0.25) is 0 Å². The van der Waals surface area contributed by atoms with Crippen LogP contribution in [0.2, 0.25) is 5.02 Å². The Bertz CT molecular complexity index is 813. The zero-order valence-corrected chi connectivity index (χ0v) is 16.0. The van der Waals surface area contributed by atoms with Crippen molar-refractivity contribution in [2.75, 3.05) is 33.3 Å². The summed E-state index contributed by atoms with van der Waals surface area (Å²) in [7, 11) is 1.59. The lowest BCUT2D eigenvalue weighted by atomic mass is 10.0. The topological polar surface area (TPSA) is 50.8 Å². The highest BCUT2D eigenvalue weighted by atomic mass is 35.5. The summed E-state index contributed by atoms with van der Waals surface area (Å²) in [5.74, 6) is 2.41. The van der Waals surface area contributed by atoms with E-state index in [1.165, 1.54) is 0 Å². The first-order valence-corrected chi connectivity index (χ1v) is 9.57.